The third-order valence-corrected chi connectivity index (χ3v) is 5.78. The molecule has 168 valence electrons. The molecule has 2 atom stereocenters. The van der Waals surface area contributed by atoms with Gasteiger partial charge >= 0.3 is 0 Å². The normalized spacial score (nSPS) is 22.0. The van der Waals surface area contributed by atoms with Gasteiger partial charge in [0.25, 0.3) is 0 Å². The summed E-state index contributed by atoms with van der Waals surface area (Å²) in [4.78, 5) is 0. The lowest BCUT2D eigenvalue weighted by Gasteiger charge is -2.32. The van der Waals surface area contributed by atoms with Crippen molar-refractivity contribution in [1.29, 1.82) is 0 Å². The summed E-state index contributed by atoms with van der Waals surface area (Å²) in [6.45, 7) is 6.89. The molecule has 0 saturated carbocycles. The van der Waals surface area contributed by atoms with E-state index >= 15 is 0 Å². The van der Waals surface area contributed by atoms with E-state index in [4.69, 9.17) is 33.2 Å². The van der Waals surface area contributed by atoms with Gasteiger partial charge in [-0.05, 0) is 55.5 Å². The second-order valence-electron chi connectivity index (χ2n) is 8.23. The predicted octanol–water partition coefficient (Wildman–Crippen LogP) is 4.96. The van der Waals surface area contributed by atoms with Crippen molar-refractivity contribution in [3.8, 4) is 39.9 Å². The first-order valence-electron chi connectivity index (χ1n) is 10.4. The first-order chi connectivity index (χ1) is 14.9. The van der Waals surface area contributed by atoms with Crippen molar-refractivity contribution in [2.24, 2.45) is 5.92 Å². The molecule has 0 bridgehead atoms. The van der Waals surface area contributed by atoms with E-state index in [0.717, 1.165) is 28.9 Å². The Morgan fingerprint density at radius 2 is 1.68 bits per heavy atom. The molecule has 2 aliphatic rings. The van der Waals surface area contributed by atoms with Crippen molar-refractivity contribution in [3.05, 3.63) is 29.8 Å². The van der Waals surface area contributed by atoms with Crippen LogP contribution in [0.4, 0.5) is 0 Å². The van der Waals surface area contributed by atoms with E-state index in [1.54, 1.807) is 21.3 Å². The number of hydrogen-bond donors (Lipinski definition) is 0. The molecule has 0 N–H and O–H groups in total. The average Bonchev–Trinajstić information content (AvgIpc) is 3.18. The topological polar surface area (TPSA) is 64.6 Å². The molecule has 7 nitrogen and oxygen atoms in total. The highest BCUT2D eigenvalue weighted by Crippen LogP contribution is 2.52. The zero-order chi connectivity index (χ0) is 22.2. The van der Waals surface area contributed by atoms with Crippen LogP contribution in [-0.4, -0.2) is 40.5 Å². The molecular formula is C24H30O7. The minimum Gasteiger partial charge on any atom is -0.493 e. The number of ether oxygens (including phenoxy) is 7. The second-order valence-corrected chi connectivity index (χ2v) is 8.23. The van der Waals surface area contributed by atoms with E-state index in [0.29, 0.717) is 29.6 Å². The second kappa shape index (κ2) is 8.48. The summed E-state index contributed by atoms with van der Waals surface area (Å²) in [6, 6.07) is 7.83. The molecule has 31 heavy (non-hydrogen) atoms. The number of hydrogen-bond acceptors (Lipinski definition) is 7. The Morgan fingerprint density at radius 1 is 0.935 bits per heavy atom. The van der Waals surface area contributed by atoms with Crippen molar-refractivity contribution < 1.29 is 33.2 Å². The number of methoxy groups -OCH3 is 3. The van der Waals surface area contributed by atoms with Crippen LogP contribution in [0.15, 0.2) is 24.3 Å². The molecule has 4 rings (SSSR count). The molecule has 1 fully saturated rings. The molecule has 0 radical (unpaired) electrons. The van der Waals surface area contributed by atoms with Crippen molar-refractivity contribution in [2.75, 3.05) is 34.7 Å². The molecular weight excluding hydrogens is 400 g/mol. The highest BCUT2D eigenvalue weighted by atomic mass is 16.7. The van der Waals surface area contributed by atoms with Crippen LogP contribution >= 0.6 is 0 Å². The van der Waals surface area contributed by atoms with E-state index in [1.807, 2.05) is 38.1 Å². The molecule has 0 spiro atoms. The average molecular weight is 430 g/mol. The Bertz CT molecular complexity index is 953. The van der Waals surface area contributed by atoms with Crippen LogP contribution in [0.5, 0.6) is 28.7 Å². The van der Waals surface area contributed by atoms with Gasteiger partial charge in [0.05, 0.1) is 34.0 Å². The van der Waals surface area contributed by atoms with Crippen molar-refractivity contribution >= 4 is 0 Å². The van der Waals surface area contributed by atoms with Crippen LogP contribution < -0.4 is 23.7 Å². The van der Waals surface area contributed by atoms with Gasteiger partial charge < -0.3 is 33.2 Å². The Hall–Kier alpha value is -2.64. The monoisotopic (exact) mass is 430 g/mol. The van der Waals surface area contributed by atoms with Crippen molar-refractivity contribution in [2.45, 2.75) is 39.1 Å². The van der Waals surface area contributed by atoms with Crippen LogP contribution in [0.25, 0.3) is 11.1 Å². The van der Waals surface area contributed by atoms with Gasteiger partial charge in [-0.15, -0.1) is 0 Å². The van der Waals surface area contributed by atoms with Crippen LogP contribution in [0, 0.1) is 5.92 Å². The zero-order valence-corrected chi connectivity index (χ0v) is 18.9. The summed E-state index contributed by atoms with van der Waals surface area (Å²) in [5, 5.41) is 0. The Morgan fingerprint density at radius 3 is 2.39 bits per heavy atom. The molecule has 2 aliphatic heterocycles. The van der Waals surface area contributed by atoms with Crippen LogP contribution in [0.3, 0.4) is 0 Å². The van der Waals surface area contributed by atoms with E-state index < -0.39 is 5.79 Å². The minimum absolute atomic E-state index is 0.206. The van der Waals surface area contributed by atoms with Crippen LogP contribution in [0.1, 0.15) is 38.9 Å². The van der Waals surface area contributed by atoms with Gasteiger partial charge in [0.1, 0.15) is 0 Å². The largest absolute Gasteiger partial charge is 0.493 e. The predicted molar refractivity (Wildman–Crippen MR) is 115 cm³/mol. The molecule has 2 aromatic carbocycles. The fourth-order valence-electron chi connectivity index (χ4n) is 4.22. The maximum absolute atomic E-state index is 6.49. The number of benzene rings is 2. The number of rotatable bonds is 5. The molecule has 1 saturated heterocycles. The van der Waals surface area contributed by atoms with Crippen molar-refractivity contribution in [1.82, 2.24) is 0 Å². The van der Waals surface area contributed by atoms with E-state index in [-0.39, 0.29) is 18.8 Å². The summed E-state index contributed by atoms with van der Waals surface area (Å²) < 4.78 is 40.7. The lowest BCUT2D eigenvalue weighted by atomic mass is 9.87. The Kier molecular flexibility index (Phi) is 5.90. The maximum Gasteiger partial charge on any atom is 0.231 e. The van der Waals surface area contributed by atoms with Crippen LogP contribution in [0.2, 0.25) is 0 Å². The molecule has 2 aromatic rings. The summed E-state index contributed by atoms with van der Waals surface area (Å²) in [5.41, 5.74) is 2.73. The lowest BCUT2D eigenvalue weighted by molar-refractivity contribution is -0.228. The van der Waals surface area contributed by atoms with Gasteiger partial charge in [0.15, 0.2) is 28.8 Å². The molecule has 7 heteroatoms. The summed E-state index contributed by atoms with van der Waals surface area (Å²) >= 11 is 0. The Labute approximate surface area is 183 Å². The summed E-state index contributed by atoms with van der Waals surface area (Å²) in [6.07, 6.45) is 0.623. The molecule has 0 aliphatic carbocycles. The zero-order valence-electron chi connectivity index (χ0n) is 18.9. The summed E-state index contributed by atoms with van der Waals surface area (Å²) in [7, 11) is 4.85. The SMILES string of the molecule is COc1cc([C@H]2OC(C)(C)OCC[C@@H]2C)c(-c2ccc3c(c2)OCO3)c(OC)c1OC. The minimum atomic E-state index is -0.720. The van der Waals surface area contributed by atoms with Gasteiger partial charge in [-0.2, -0.15) is 0 Å². The third kappa shape index (κ3) is 4.00. The fraction of sp³-hybridized carbons (Fsp3) is 0.500. The summed E-state index contributed by atoms with van der Waals surface area (Å²) in [5.74, 6) is 2.59. The van der Waals surface area contributed by atoms with E-state index in [9.17, 15) is 0 Å². The van der Waals surface area contributed by atoms with Crippen molar-refractivity contribution in [3.63, 3.8) is 0 Å². The maximum atomic E-state index is 6.49. The molecule has 0 amide bonds. The van der Waals surface area contributed by atoms with Crippen LogP contribution in [-0.2, 0) is 9.47 Å². The quantitative estimate of drug-likeness (QED) is 0.664. The smallest absolute Gasteiger partial charge is 0.231 e. The standard InChI is InChI=1S/C24H30O7/c1-14-9-10-30-24(2,3)31-21(14)16-12-19(25-4)22(26-5)23(27-6)20(16)15-7-8-17-18(11-15)29-13-28-17/h7-8,11-12,14,21H,9-10,13H2,1-6H3/t14-,21-/m0/s1. The fourth-order valence-corrected chi connectivity index (χ4v) is 4.22. The van der Waals surface area contributed by atoms with Gasteiger partial charge in [0, 0.05) is 5.56 Å². The third-order valence-electron chi connectivity index (χ3n) is 5.78. The highest BCUT2D eigenvalue weighted by molar-refractivity contribution is 5.81. The van der Waals surface area contributed by atoms with Gasteiger partial charge in [0.2, 0.25) is 12.5 Å². The van der Waals surface area contributed by atoms with E-state index in [2.05, 4.69) is 6.92 Å². The molecule has 0 aromatic heterocycles. The molecule has 0 unspecified atom stereocenters. The first kappa shape index (κ1) is 21.6. The molecule has 2 heterocycles. The van der Waals surface area contributed by atoms with Gasteiger partial charge in [-0.25, -0.2) is 0 Å². The van der Waals surface area contributed by atoms with Gasteiger partial charge in [-0.1, -0.05) is 13.0 Å². The number of fused-ring (bicyclic) bond motifs is 1. The van der Waals surface area contributed by atoms with Gasteiger partial charge in [-0.3, -0.25) is 0 Å². The highest BCUT2D eigenvalue weighted by Gasteiger charge is 2.36. The first-order valence-corrected chi connectivity index (χ1v) is 10.4. The Balaban J connectivity index is 1.97. The lowest BCUT2D eigenvalue weighted by Crippen LogP contribution is -2.29. The van der Waals surface area contributed by atoms with E-state index in [1.165, 1.54) is 0 Å².